The Bertz CT molecular complexity index is 1210. The first-order valence-electron chi connectivity index (χ1n) is 11.7. The van der Waals surface area contributed by atoms with Crippen molar-refractivity contribution in [3.63, 3.8) is 0 Å². The maximum absolute atomic E-state index is 12.1. The average Bonchev–Trinajstić information content (AvgIpc) is 3.33. The van der Waals surface area contributed by atoms with Crippen LogP contribution in [0.4, 0.5) is 0 Å². The molecule has 1 heterocycles. The maximum Gasteiger partial charge on any atom is 0.345 e. The Morgan fingerprint density at radius 1 is 0.912 bits per heavy atom. The lowest BCUT2D eigenvalue weighted by Gasteiger charge is -2.22. The standard InChI is InChI=1S/C29H27NO3S/c31-29(32)27(33-26-17-9-15-20-10-7-8-16-24(20)26)19-23-18-25(30-34-23)28(21-11-3-1-4-12-21)22-13-5-2-6-14-22/h1-6,9,11-15,17-18,27-28H,7-8,10,16,19H2,(H,31,32). The highest BCUT2D eigenvalue weighted by molar-refractivity contribution is 7.05. The summed E-state index contributed by atoms with van der Waals surface area (Å²) in [5.41, 5.74) is 5.69. The summed E-state index contributed by atoms with van der Waals surface area (Å²) in [4.78, 5) is 13.0. The van der Waals surface area contributed by atoms with Crippen molar-refractivity contribution in [2.24, 2.45) is 0 Å². The third-order valence-corrected chi connectivity index (χ3v) is 7.24. The van der Waals surface area contributed by atoms with Crippen LogP contribution in [0.2, 0.25) is 0 Å². The van der Waals surface area contributed by atoms with Gasteiger partial charge in [-0.25, -0.2) is 4.79 Å². The van der Waals surface area contributed by atoms with Gasteiger partial charge >= 0.3 is 5.97 Å². The van der Waals surface area contributed by atoms with Gasteiger partial charge in [0, 0.05) is 11.3 Å². The summed E-state index contributed by atoms with van der Waals surface area (Å²) in [6.07, 6.45) is 3.60. The Balaban J connectivity index is 1.40. The van der Waals surface area contributed by atoms with Gasteiger partial charge in [0.2, 0.25) is 0 Å². The van der Waals surface area contributed by atoms with Crippen molar-refractivity contribution in [2.75, 3.05) is 0 Å². The Kier molecular flexibility index (Phi) is 6.72. The van der Waals surface area contributed by atoms with Gasteiger partial charge in [0.15, 0.2) is 6.10 Å². The third kappa shape index (κ3) is 4.90. The number of hydrogen-bond donors (Lipinski definition) is 1. The number of carboxylic acids is 1. The monoisotopic (exact) mass is 469 g/mol. The number of benzene rings is 3. The first kappa shape index (κ1) is 22.4. The van der Waals surface area contributed by atoms with Crippen LogP contribution < -0.4 is 4.74 Å². The number of fused-ring (bicyclic) bond motifs is 1. The van der Waals surface area contributed by atoms with Gasteiger partial charge in [-0.05, 0) is 71.6 Å². The van der Waals surface area contributed by atoms with Gasteiger partial charge in [0.05, 0.1) is 11.6 Å². The lowest BCUT2D eigenvalue weighted by Crippen LogP contribution is -2.29. The second-order valence-electron chi connectivity index (χ2n) is 8.72. The van der Waals surface area contributed by atoms with Crippen molar-refractivity contribution < 1.29 is 14.6 Å². The van der Waals surface area contributed by atoms with Crippen LogP contribution in [0, 0.1) is 0 Å². The fourth-order valence-electron chi connectivity index (χ4n) is 4.76. The molecule has 1 N–H and O–H groups in total. The van der Waals surface area contributed by atoms with Crippen LogP contribution >= 0.6 is 11.5 Å². The lowest BCUT2D eigenvalue weighted by molar-refractivity contribution is -0.145. The van der Waals surface area contributed by atoms with E-state index in [1.54, 1.807) is 0 Å². The summed E-state index contributed by atoms with van der Waals surface area (Å²) >= 11 is 1.36. The third-order valence-electron chi connectivity index (χ3n) is 6.42. The Morgan fingerprint density at radius 2 is 1.59 bits per heavy atom. The molecule has 172 valence electrons. The van der Waals surface area contributed by atoms with Crippen LogP contribution in [0.5, 0.6) is 5.75 Å². The lowest BCUT2D eigenvalue weighted by atomic mass is 9.88. The number of aryl methyl sites for hydroxylation is 1. The minimum Gasteiger partial charge on any atom is -0.478 e. The zero-order valence-corrected chi connectivity index (χ0v) is 19.7. The van der Waals surface area contributed by atoms with E-state index >= 15 is 0 Å². The van der Waals surface area contributed by atoms with E-state index in [1.165, 1.54) is 29.1 Å². The van der Waals surface area contributed by atoms with Gasteiger partial charge in [0.1, 0.15) is 5.75 Å². The molecule has 0 radical (unpaired) electrons. The molecule has 34 heavy (non-hydrogen) atoms. The summed E-state index contributed by atoms with van der Waals surface area (Å²) < 4.78 is 10.8. The summed E-state index contributed by atoms with van der Waals surface area (Å²) in [6.45, 7) is 0. The van der Waals surface area contributed by atoms with E-state index in [4.69, 9.17) is 9.11 Å². The molecule has 0 saturated carbocycles. The molecule has 5 rings (SSSR count). The summed E-state index contributed by atoms with van der Waals surface area (Å²) in [5, 5.41) is 9.93. The molecular formula is C29H27NO3S. The van der Waals surface area contributed by atoms with E-state index < -0.39 is 12.1 Å². The zero-order chi connectivity index (χ0) is 23.3. The predicted octanol–water partition coefficient (Wildman–Crippen LogP) is 6.28. The first-order chi connectivity index (χ1) is 16.7. The fraction of sp³-hybridized carbons (Fsp3) is 0.241. The van der Waals surface area contributed by atoms with Gasteiger partial charge in [-0.1, -0.05) is 72.8 Å². The topological polar surface area (TPSA) is 59.4 Å². The molecule has 0 saturated heterocycles. The van der Waals surface area contributed by atoms with Crippen LogP contribution in [0.25, 0.3) is 0 Å². The number of carboxylic acid groups (broad SMARTS) is 1. The molecule has 1 atom stereocenters. The largest absolute Gasteiger partial charge is 0.478 e. The van der Waals surface area contributed by atoms with Crippen molar-refractivity contribution in [2.45, 2.75) is 44.1 Å². The van der Waals surface area contributed by atoms with Gasteiger partial charge in [-0.2, -0.15) is 4.37 Å². The first-order valence-corrected chi connectivity index (χ1v) is 12.5. The molecule has 1 unspecified atom stereocenters. The SMILES string of the molecule is O=C(O)C(Cc1cc(C(c2ccccc2)c2ccccc2)ns1)Oc1cccc2c1CCCC2. The van der Waals surface area contributed by atoms with Gasteiger partial charge in [-0.15, -0.1) is 0 Å². The van der Waals surface area contributed by atoms with Crippen LogP contribution in [-0.4, -0.2) is 21.6 Å². The molecule has 0 bridgehead atoms. The second kappa shape index (κ2) is 10.2. The van der Waals surface area contributed by atoms with E-state index in [-0.39, 0.29) is 12.3 Å². The molecule has 5 heteroatoms. The van der Waals surface area contributed by atoms with Crippen LogP contribution in [-0.2, 0) is 24.1 Å². The second-order valence-corrected chi connectivity index (χ2v) is 9.61. The van der Waals surface area contributed by atoms with Crippen molar-refractivity contribution >= 4 is 17.5 Å². The van der Waals surface area contributed by atoms with E-state index in [9.17, 15) is 9.90 Å². The number of nitrogens with zero attached hydrogens (tertiary/aromatic N) is 1. The fourth-order valence-corrected chi connectivity index (χ4v) is 5.54. The van der Waals surface area contributed by atoms with Gasteiger partial charge < -0.3 is 9.84 Å². The van der Waals surface area contributed by atoms with Crippen LogP contribution in [0.3, 0.4) is 0 Å². The van der Waals surface area contributed by atoms with E-state index in [2.05, 4.69) is 30.3 Å². The minimum atomic E-state index is -0.953. The Labute approximate surface area is 204 Å². The normalized spacial score (nSPS) is 13.9. The molecule has 0 fully saturated rings. The van der Waals surface area contributed by atoms with Gasteiger partial charge in [0.25, 0.3) is 0 Å². The molecule has 4 aromatic rings. The number of carbonyl (C=O) groups is 1. The Morgan fingerprint density at radius 3 is 2.26 bits per heavy atom. The number of rotatable bonds is 8. The predicted molar refractivity (Wildman–Crippen MR) is 135 cm³/mol. The molecule has 1 aromatic heterocycles. The molecular weight excluding hydrogens is 442 g/mol. The quantitative estimate of drug-likeness (QED) is 0.330. The molecule has 1 aliphatic carbocycles. The number of ether oxygens (including phenoxy) is 1. The van der Waals surface area contributed by atoms with Crippen molar-refractivity contribution in [1.82, 2.24) is 4.37 Å². The molecule has 1 aliphatic rings. The molecule has 0 spiro atoms. The number of aromatic nitrogens is 1. The number of hydrogen-bond acceptors (Lipinski definition) is 4. The van der Waals surface area contributed by atoms with E-state index in [0.717, 1.165) is 41.0 Å². The minimum absolute atomic E-state index is 0.00209. The zero-order valence-electron chi connectivity index (χ0n) is 18.9. The van der Waals surface area contributed by atoms with Gasteiger partial charge in [-0.3, -0.25) is 0 Å². The van der Waals surface area contributed by atoms with Crippen LogP contribution in [0.15, 0.2) is 84.9 Å². The smallest absolute Gasteiger partial charge is 0.345 e. The van der Waals surface area contributed by atoms with Crippen molar-refractivity contribution in [1.29, 1.82) is 0 Å². The van der Waals surface area contributed by atoms with E-state index in [0.29, 0.717) is 5.75 Å². The summed E-state index contributed by atoms with van der Waals surface area (Å²) in [5.74, 6) is -0.246. The maximum atomic E-state index is 12.1. The van der Waals surface area contributed by atoms with E-state index in [1.807, 2.05) is 54.6 Å². The highest BCUT2D eigenvalue weighted by atomic mass is 32.1. The molecule has 4 nitrogen and oxygen atoms in total. The molecule has 0 aliphatic heterocycles. The van der Waals surface area contributed by atoms with Crippen LogP contribution in [0.1, 0.15) is 51.6 Å². The molecule has 3 aromatic carbocycles. The summed E-state index contributed by atoms with van der Waals surface area (Å²) in [7, 11) is 0. The highest BCUT2D eigenvalue weighted by Crippen LogP contribution is 2.34. The molecule has 0 amide bonds. The number of aliphatic carboxylic acids is 1. The average molecular weight is 470 g/mol. The summed E-state index contributed by atoms with van der Waals surface area (Å²) in [6, 6.07) is 28.6. The Hall–Kier alpha value is -3.44. The van der Waals surface area contributed by atoms with Crippen molar-refractivity contribution in [3.8, 4) is 5.75 Å². The highest BCUT2D eigenvalue weighted by Gasteiger charge is 2.26. The van der Waals surface area contributed by atoms with Crippen molar-refractivity contribution in [3.05, 3.63) is 118 Å².